The molecular weight excluding hydrogens is 506 g/mol. The van der Waals surface area contributed by atoms with Gasteiger partial charge in [0.25, 0.3) is 0 Å². The van der Waals surface area contributed by atoms with Gasteiger partial charge in [0.05, 0.1) is 23.1 Å². The first-order chi connectivity index (χ1) is 18.8. The van der Waals surface area contributed by atoms with Crippen molar-refractivity contribution in [3.63, 3.8) is 0 Å². The molecule has 1 aliphatic heterocycles. The maximum Gasteiger partial charge on any atom is 0.339 e. The van der Waals surface area contributed by atoms with Gasteiger partial charge in [0.1, 0.15) is 6.10 Å². The van der Waals surface area contributed by atoms with Crippen molar-refractivity contribution in [1.29, 1.82) is 0 Å². The Kier molecular flexibility index (Phi) is 5.29. The van der Waals surface area contributed by atoms with Gasteiger partial charge in [0.2, 0.25) is 0 Å². The molecule has 1 aromatic carbocycles. The number of para-hydroxylation sites is 1. The highest BCUT2D eigenvalue weighted by Gasteiger charge is 2.77. The Labute approximate surface area is 234 Å². The Morgan fingerprint density at radius 1 is 1.15 bits per heavy atom. The molecule has 7 rings (SSSR count). The fourth-order valence-corrected chi connectivity index (χ4v) is 8.74. The van der Waals surface area contributed by atoms with Crippen molar-refractivity contribution < 1.29 is 28.9 Å². The van der Waals surface area contributed by atoms with E-state index in [2.05, 4.69) is 25.8 Å². The number of fused-ring (bicyclic) bond motifs is 6. The monoisotopic (exact) mass is 543 g/mol. The Hall–Kier alpha value is -2.87. The Bertz CT molecular complexity index is 1520. The number of benzene rings is 1. The fraction of sp³-hybridized carbons (Fsp3) is 0.545. The van der Waals surface area contributed by atoms with Gasteiger partial charge in [-0.15, -0.1) is 0 Å². The number of ether oxygens (including phenoxy) is 3. The van der Waals surface area contributed by atoms with E-state index in [1.165, 1.54) is 0 Å². The molecule has 2 aromatic rings. The number of rotatable bonds is 2. The summed E-state index contributed by atoms with van der Waals surface area (Å²) in [7, 11) is 0. The molecule has 1 aromatic heterocycles. The quantitative estimate of drug-likeness (QED) is 0.420. The molecule has 2 saturated carbocycles. The number of esters is 1. The summed E-state index contributed by atoms with van der Waals surface area (Å²) in [5.41, 5.74) is -0.624. The van der Waals surface area contributed by atoms with Crippen molar-refractivity contribution in [2.24, 2.45) is 34.5 Å². The molecule has 3 fully saturated rings. The summed E-state index contributed by atoms with van der Waals surface area (Å²) in [6, 6.07) is 9.03. The molecule has 1 N–H and O–H groups in total. The van der Waals surface area contributed by atoms with Crippen molar-refractivity contribution in [2.75, 3.05) is 6.61 Å². The smallest absolute Gasteiger partial charge is 0.339 e. The second-order valence-corrected chi connectivity index (χ2v) is 13.7. The number of hydrogen-bond acceptors (Lipinski definition) is 7. The zero-order valence-electron chi connectivity index (χ0n) is 23.9. The van der Waals surface area contributed by atoms with Crippen LogP contribution >= 0.6 is 0 Å². The van der Waals surface area contributed by atoms with Gasteiger partial charge in [-0.05, 0) is 73.6 Å². The molecule has 8 atom stereocenters. The van der Waals surface area contributed by atoms with Gasteiger partial charge in [0, 0.05) is 17.5 Å². The number of Topliss-reactive ketones (excluding diaryl/α,β-unsaturated/α-hetero) is 1. The van der Waals surface area contributed by atoms with E-state index in [0.717, 1.165) is 12.0 Å². The molecule has 1 spiro atoms. The Morgan fingerprint density at radius 3 is 2.67 bits per heavy atom. The number of ketones is 1. The number of carbonyl (C=O) groups excluding carboxylic acids is 2. The van der Waals surface area contributed by atoms with E-state index < -0.39 is 35.0 Å². The third kappa shape index (κ3) is 3.20. The number of aliphatic hydroxyl groups is 1. The molecule has 4 aliphatic carbocycles. The average molecular weight is 544 g/mol. The molecule has 0 amide bonds. The van der Waals surface area contributed by atoms with Crippen LogP contribution in [0.2, 0.25) is 0 Å². The van der Waals surface area contributed by atoms with Crippen LogP contribution in [0.5, 0.6) is 0 Å². The summed E-state index contributed by atoms with van der Waals surface area (Å²) in [4.78, 5) is 33.0. The van der Waals surface area contributed by atoms with Crippen LogP contribution in [0.4, 0.5) is 0 Å². The Morgan fingerprint density at radius 2 is 1.90 bits per heavy atom. The lowest BCUT2D eigenvalue weighted by molar-refractivity contribution is -0.302. The van der Waals surface area contributed by atoms with Crippen LogP contribution in [0.3, 0.4) is 0 Å². The van der Waals surface area contributed by atoms with Crippen LogP contribution in [-0.2, 0) is 19.0 Å². The average Bonchev–Trinajstić information content (AvgIpc) is 3.40. The zero-order chi connectivity index (χ0) is 28.4. The first kappa shape index (κ1) is 26.1. The zero-order valence-corrected chi connectivity index (χ0v) is 23.9. The second-order valence-electron chi connectivity index (χ2n) is 13.7. The van der Waals surface area contributed by atoms with Crippen molar-refractivity contribution in [2.45, 2.75) is 71.6 Å². The first-order valence-electron chi connectivity index (χ1n) is 14.4. The van der Waals surface area contributed by atoms with Gasteiger partial charge >= 0.3 is 5.97 Å². The number of allylic oxidation sites excluding steroid dienone is 1. The van der Waals surface area contributed by atoms with E-state index in [1.54, 1.807) is 12.3 Å². The third-order valence-electron chi connectivity index (χ3n) is 10.8. The molecule has 210 valence electrons. The number of pyridine rings is 1. The van der Waals surface area contributed by atoms with Gasteiger partial charge in [0.15, 0.2) is 23.3 Å². The highest BCUT2D eigenvalue weighted by atomic mass is 16.7. The standard InChI is InChI=1S/C33H37NO6/c1-17-15-32-18(2)13-23-25(30(23,3)4)22(26(32)35)14-19-16-38-31(5,6)40-28(19)33(32,37)27(17)39-29(36)21-11-12-34-24-10-8-7-9-20(21)24/h7-12,14-15,18,22-23,25,27-28,37H,13,16H2,1-6H3/t18-,22+,23-,25+,27+,28-,32+,33-/m1/s1. The topological polar surface area (TPSA) is 95.0 Å². The molecule has 0 unspecified atom stereocenters. The number of carbonyl (C=O) groups is 2. The molecule has 7 nitrogen and oxygen atoms in total. The molecule has 2 bridgehead atoms. The normalized spacial score (nSPS) is 40.5. The van der Waals surface area contributed by atoms with Crippen molar-refractivity contribution >= 4 is 22.7 Å². The molecule has 0 radical (unpaired) electrons. The second kappa shape index (κ2) is 8.11. The predicted molar refractivity (Wildman–Crippen MR) is 148 cm³/mol. The van der Waals surface area contributed by atoms with E-state index in [-0.39, 0.29) is 35.6 Å². The first-order valence-corrected chi connectivity index (χ1v) is 14.4. The van der Waals surface area contributed by atoms with E-state index in [4.69, 9.17) is 14.2 Å². The van der Waals surface area contributed by atoms with E-state index in [9.17, 15) is 14.7 Å². The molecule has 5 aliphatic rings. The van der Waals surface area contributed by atoms with Crippen LogP contribution in [0.25, 0.3) is 10.9 Å². The number of nitrogens with zero attached hydrogens (tertiary/aromatic N) is 1. The van der Waals surface area contributed by atoms with E-state index >= 15 is 0 Å². The Balaban J connectivity index is 1.38. The van der Waals surface area contributed by atoms with Crippen LogP contribution in [0.15, 0.2) is 59.8 Å². The maximum atomic E-state index is 14.8. The summed E-state index contributed by atoms with van der Waals surface area (Å²) in [6.45, 7) is 12.3. The minimum atomic E-state index is -1.84. The van der Waals surface area contributed by atoms with Gasteiger partial charge in [-0.2, -0.15) is 0 Å². The lowest BCUT2D eigenvalue weighted by Gasteiger charge is -2.52. The van der Waals surface area contributed by atoms with E-state index in [0.29, 0.717) is 28.0 Å². The predicted octanol–water partition coefficient (Wildman–Crippen LogP) is 5.03. The third-order valence-corrected chi connectivity index (χ3v) is 10.8. The summed E-state index contributed by atoms with van der Waals surface area (Å²) < 4.78 is 18.8. The van der Waals surface area contributed by atoms with Gasteiger partial charge in [-0.1, -0.05) is 51.1 Å². The largest absolute Gasteiger partial charge is 0.451 e. The molecule has 2 heterocycles. The highest BCUT2D eigenvalue weighted by Crippen LogP contribution is 2.72. The number of hydrogen-bond donors (Lipinski definition) is 1. The SMILES string of the molecule is CC1=C[C@]23C(=O)[C@@H](C=C4COC(C)(C)O[C@H]4[C@]2(O)[C@H]1OC(=O)c1ccnc2ccccc12)[C@H]1[C@@H](C[C@H]3C)C1(C)C. The minimum Gasteiger partial charge on any atom is -0.451 e. The highest BCUT2D eigenvalue weighted by molar-refractivity contribution is 6.03. The van der Waals surface area contributed by atoms with Gasteiger partial charge in [-0.3, -0.25) is 9.78 Å². The fourth-order valence-electron chi connectivity index (χ4n) is 8.74. The van der Waals surface area contributed by atoms with Crippen molar-refractivity contribution in [3.05, 3.63) is 65.4 Å². The lowest BCUT2D eigenvalue weighted by Crippen LogP contribution is -2.68. The summed E-state index contributed by atoms with van der Waals surface area (Å²) >= 11 is 0. The molecule has 40 heavy (non-hydrogen) atoms. The van der Waals surface area contributed by atoms with E-state index in [1.807, 2.05) is 57.2 Å². The lowest BCUT2D eigenvalue weighted by atomic mass is 9.59. The van der Waals surface area contributed by atoms with Crippen molar-refractivity contribution in [3.8, 4) is 0 Å². The minimum absolute atomic E-state index is 0.00357. The molecule has 7 heteroatoms. The maximum absolute atomic E-state index is 14.8. The summed E-state index contributed by atoms with van der Waals surface area (Å²) in [6.07, 6.45) is 4.35. The number of aromatic nitrogens is 1. The summed E-state index contributed by atoms with van der Waals surface area (Å²) in [5.74, 6) is -1.57. The van der Waals surface area contributed by atoms with Gasteiger partial charge < -0.3 is 19.3 Å². The molecular formula is C33H37NO6. The summed E-state index contributed by atoms with van der Waals surface area (Å²) in [5, 5.41) is 13.8. The van der Waals surface area contributed by atoms with Crippen LogP contribution in [0, 0.1) is 34.5 Å². The van der Waals surface area contributed by atoms with Crippen LogP contribution < -0.4 is 0 Å². The van der Waals surface area contributed by atoms with Crippen LogP contribution in [0.1, 0.15) is 58.3 Å². The van der Waals surface area contributed by atoms with Crippen molar-refractivity contribution in [1.82, 2.24) is 4.98 Å². The van der Waals surface area contributed by atoms with Crippen LogP contribution in [-0.4, -0.2) is 52.0 Å². The molecule has 1 saturated heterocycles. The van der Waals surface area contributed by atoms with Gasteiger partial charge in [-0.25, -0.2) is 4.79 Å².